The molecule has 0 heterocycles. The standard InChI is InChI=1S/C51H85NO3/c1-3-5-7-9-11-13-15-17-19-21-22-23-24-25-26-27-28-29-30-31-33-35-37-39-41-43-45-47-51(55)52-49(48-53)50(54)46-44-42-40-38-36-34-32-20-18-16-14-12-10-8-6-4-2/h5,7,11,13,17,19,22-23,25-26,28-29,31,33,37,39,44,46,49-50,53-54H,3-4,6,8-10,12,14-16,18,20-21,24,27,30,32,34-36,38,40-43,45,47-48H2,1-2H3,(H,52,55)/b7-5-,13-11-,19-17-,23-22-,26-25-,29-28-,33-31-,39-37-,46-44+. The fraction of sp³-hybridized carbons (Fsp3) is 0.627. The predicted octanol–water partition coefficient (Wildman–Crippen LogP) is 14.4. The molecule has 0 aliphatic rings. The molecule has 0 saturated heterocycles. The predicted molar refractivity (Wildman–Crippen MR) is 243 cm³/mol. The molecule has 0 aromatic heterocycles. The maximum Gasteiger partial charge on any atom is 0.220 e. The molecule has 4 heteroatoms. The summed E-state index contributed by atoms with van der Waals surface area (Å²) in [7, 11) is 0. The molecule has 0 radical (unpaired) electrons. The average molecular weight is 760 g/mol. The van der Waals surface area contributed by atoms with Crippen molar-refractivity contribution in [2.24, 2.45) is 0 Å². The van der Waals surface area contributed by atoms with Gasteiger partial charge in [-0.05, 0) is 83.5 Å². The first kappa shape index (κ1) is 52.0. The fourth-order valence-corrected chi connectivity index (χ4v) is 6.07. The van der Waals surface area contributed by atoms with Crippen LogP contribution < -0.4 is 5.32 Å². The van der Waals surface area contributed by atoms with Crippen molar-refractivity contribution in [1.82, 2.24) is 5.32 Å². The molecule has 0 saturated carbocycles. The molecule has 0 fully saturated rings. The molecule has 4 nitrogen and oxygen atoms in total. The van der Waals surface area contributed by atoms with Crippen LogP contribution in [0, 0.1) is 0 Å². The summed E-state index contributed by atoms with van der Waals surface area (Å²) in [6.45, 7) is 4.16. The fourth-order valence-electron chi connectivity index (χ4n) is 6.07. The Labute approximate surface area is 340 Å². The van der Waals surface area contributed by atoms with E-state index < -0.39 is 12.1 Å². The lowest BCUT2D eigenvalue weighted by Crippen LogP contribution is -2.45. The number of aliphatic hydroxyl groups is 2. The molecule has 312 valence electrons. The van der Waals surface area contributed by atoms with Crippen molar-refractivity contribution in [3.63, 3.8) is 0 Å². The van der Waals surface area contributed by atoms with Crippen LogP contribution in [0.1, 0.15) is 187 Å². The minimum Gasteiger partial charge on any atom is -0.394 e. The van der Waals surface area contributed by atoms with Gasteiger partial charge in [0.05, 0.1) is 18.8 Å². The van der Waals surface area contributed by atoms with E-state index in [9.17, 15) is 15.0 Å². The molecule has 0 aliphatic heterocycles. The molecular weight excluding hydrogens is 675 g/mol. The van der Waals surface area contributed by atoms with E-state index in [4.69, 9.17) is 0 Å². The van der Waals surface area contributed by atoms with Crippen LogP contribution in [0.3, 0.4) is 0 Å². The number of carbonyl (C=O) groups excluding carboxylic acids is 1. The van der Waals surface area contributed by atoms with Gasteiger partial charge in [0.15, 0.2) is 0 Å². The number of aliphatic hydroxyl groups excluding tert-OH is 2. The Morgan fingerprint density at radius 1 is 0.455 bits per heavy atom. The second-order valence-corrected chi connectivity index (χ2v) is 14.7. The summed E-state index contributed by atoms with van der Waals surface area (Å²) in [4.78, 5) is 12.4. The highest BCUT2D eigenvalue weighted by Crippen LogP contribution is 2.14. The van der Waals surface area contributed by atoms with E-state index >= 15 is 0 Å². The van der Waals surface area contributed by atoms with Crippen molar-refractivity contribution >= 4 is 5.91 Å². The second-order valence-electron chi connectivity index (χ2n) is 14.7. The summed E-state index contributed by atoms with van der Waals surface area (Å²) in [5.41, 5.74) is 0. The zero-order chi connectivity index (χ0) is 40.0. The molecule has 0 rings (SSSR count). The maximum absolute atomic E-state index is 12.4. The molecule has 0 aromatic rings. The van der Waals surface area contributed by atoms with Crippen molar-refractivity contribution in [1.29, 1.82) is 0 Å². The van der Waals surface area contributed by atoms with Crippen LogP contribution in [-0.2, 0) is 4.79 Å². The Morgan fingerprint density at radius 2 is 0.800 bits per heavy atom. The van der Waals surface area contributed by atoms with Crippen LogP contribution in [0.2, 0.25) is 0 Å². The summed E-state index contributed by atoms with van der Waals surface area (Å²) in [6, 6.07) is -0.653. The first-order valence-corrected chi connectivity index (χ1v) is 22.6. The maximum atomic E-state index is 12.4. The lowest BCUT2D eigenvalue weighted by Gasteiger charge is -2.19. The van der Waals surface area contributed by atoms with Gasteiger partial charge in [0, 0.05) is 6.42 Å². The zero-order valence-electron chi connectivity index (χ0n) is 35.6. The number of amides is 1. The van der Waals surface area contributed by atoms with Crippen molar-refractivity contribution < 1.29 is 15.0 Å². The van der Waals surface area contributed by atoms with Crippen LogP contribution in [0.25, 0.3) is 0 Å². The van der Waals surface area contributed by atoms with E-state index in [1.165, 1.54) is 83.5 Å². The second kappa shape index (κ2) is 45.4. The Morgan fingerprint density at radius 3 is 1.20 bits per heavy atom. The van der Waals surface area contributed by atoms with Gasteiger partial charge in [-0.25, -0.2) is 0 Å². The molecule has 0 aromatic carbocycles. The van der Waals surface area contributed by atoms with Crippen molar-refractivity contribution in [2.75, 3.05) is 6.61 Å². The van der Waals surface area contributed by atoms with Crippen molar-refractivity contribution in [2.45, 2.75) is 199 Å². The summed E-state index contributed by atoms with van der Waals surface area (Å²) in [5.74, 6) is -0.111. The molecule has 2 unspecified atom stereocenters. The van der Waals surface area contributed by atoms with Gasteiger partial charge in [-0.3, -0.25) is 4.79 Å². The monoisotopic (exact) mass is 760 g/mol. The van der Waals surface area contributed by atoms with Crippen LogP contribution in [-0.4, -0.2) is 34.9 Å². The largest absolute Gasteiger partial charge is 0.394 e. The Hall–Kier alpha value is -2.95. The summed E-state index contributed by atoms with van der Waals surface area (Å²) in [6.07, 6.45) is 69.1. The molecular formula is C51H85NO3. The molecule has 55 heavy (non-hydrogen) atoms. The van der Waals surface area contributed by atoms with Gasteiger partial charge in [-0.2, -0.15) is 0 Å². The number of rotatable bonds is 39. The smallest absolute Gasteiger partial charge is 0.220 e. The Balaban J connectivity index is 3.75. The minimum absolute atomic E-state index is 0.111. The Bertz CT molecular complexity index is 1090. The highest BCUT2D eigenvalue weighted by atomic mass is 16.3. The van der Waals surface area contributed by atoms with E-state index in [1.807, 2.05) is 6.08 Å². The van der Waals surface area contributed by atoms with Gasteiger partial charge < -0.3 is 15.5 Å². The van der Waals surface area contributed by atoms with Gasteiger partial charge in [0.2, 0.25) is 5.91 Å². The lowest BCUT2D eigenvalue weighted by molar-refractivity contribution is -0.123. The van der Waals surface area contributed by atoms with Gasteiger partial charge in [-0.1, -0.05) is 207 Å². The number of allylic oxidation sites excluding steroid dienone is 17. The highest BCUT2D eigenvalue weighted by molar-refractivity contribution is 5.76. The molecule has 1 amide bonds. The topological polar surface area (TPSA) is 69.6 Å². The van der Waals surface area contributed by atoms with E-state index in [1.54, 1.807) is 6.08 Å². The van der Waals surface area contributed by atoms with Crippen LogP contribution in [0.5, 0.6) is 0 Å². The SMILES string of the molecule is CC/C=C\C/C=C\C/C=C\C/C=C\C/C=C\C/C=C\C/C=C\C/C=C\CCCCC(=O)NC(CO)C(O)/C=C/CCCCCCCCCCCCCCCC. The summed E-state index contributed by atoms with van der Waals surface area (Å²) >= 11 is 0. The molecule has 2 atom stereocenters. The van der Waals surface area contributed by atoms with Gasteiger partial charge in [0.1, 0.15) is 0 Å². The van der Waals surface area contributed by atoms with Crippen molar-refractivity contribution in [3.8, 4) is 0 Å². The van der Waals surface area contributed by atoms with Gasteiger partial charge >= 0.3 is 0 Å². The van der Waals surface area contributed by atoms with E-state index in [2.05, 4.69) is 116 Å². The summed E-state index contributed by atoms with van der Waals surface area (Å²) < 4.78 is 0. The van der Waals surface area contributed by atoms with Crippen LogP contribution in [0.15, 0.2) is 109 Å². The third kappa shape index (κ3) is 42.0. The first-order chi connectivity index (χ1) is 27.2. The van der Waals surface area contributed by atoms with Crippen molar-refractivity contribution in [3.05, 3.63) is 109 Å². The van der Waals surface area contributed by atoms with E-state index in [-0.39, 0.29) is 12.5 Å². The highest BCUT2D eigenvalue weighted by Gasteiger charge is 2.17. The number of hydrogen-bond donors (Lipinski definition) is 3. The van der Waals surface area contributed by atoms with Crippen LogP contribution >= 0.6 is 0 Å². The third-order valence-corrected chi connectivity index (χ3v) is 9.51. The lowest BCUT2D eigenvalue weighted by atomic mass is 10.0. The molecule has 3 N–H and O–H groups in total. The van der Waals surface area contributed by atoms with Gasteiger partial charge in [0.25, 0.3) is 0 Å². The average Bonchev–Trinajstić information content (AvgIpc) is 3.19. The summed E-state index contributed by atoms with van der Waals surface area (Å²) in [5, 5.41) is 23.0. The molecule has 0 bridgehead atoms. The molecule has 0 aliphatic carbocycles. The Kier molecular flexibility index (Phi) is 43.0. The first-order valence-electron chi connectivity index (χ1n) is 22.6. The zero-order valence-corrected chi connectivity index (χ0v) is 35.6. The minimum atomic E-state index is -0.865. The number of hydrogen-bond acceptors (Lipinski definition) is 3. The third-order valence-electron chi connectivity index (χ3n) is 9.51. The molecule has 0 spiro atoms. The number of nitrogens with one attached hydrogen (secondary N) is 1. The van der Waals surface area contributed by atoms with Gasteiger partial charge in [-0.15, -0.1) is 0 Å². The quantitative estimate of drug-likeness (QED) is 0.0432. The van der Waals surface area contributed by atoms with E-state index in [0.717, 1.165) is 83.5 Å². The normalized spacial score (nSPS) is 14.0. The van der Waals surface area contributed by atoms with Crippen LogP contribution in [0.4, 0.5) is 0 Å². The number of carbonyl (C=O) groups is 1. The van der Waals surface area contributed by atoms with E-state index in [0.29, 0.717) is 6.42 Å². The number of unbranched alkanes of at least 4 members (excludes halogenated alkanes) is 16.